The van der Waals surface area contributed by atoms with E-state index in [0.29, 0.717) is 5.92 Å². The first kappa shape index (κ1) is 13.3. The molecule has 1 aliphatic rings. The Morgan fingerprint density at radius 2 is 2.10 bits per heavy atom. The van der Waals surface area contributed by atoms with E-state index in [1.54, 1.807) is 0 Å². The number of hydrogen-bond donors (Lipinski definition) is 1. The minimum Gasteiger partial charge on any atom is -0.339 e. The van der Waals surface area contributed by atoms with Crippen molar-refractivity contribution >= 4 is 0 Å². The fraction of sp³-hybridized carbons (Fsp3) is 0.500. The van der Waals surface area contributed by atoms with Crippen LogP contribution in [0.25, 0.3) is 0 Å². The third kappa shape index (κ3) is 2.75. The third-order valence-corrected chi connectivity index (χ3v) is 4.24. The van der Waals surface area contributed by atoms with E-state index >= 15 is 0 Å². The lowest BCUT2D eigenvalue weighted by atomic mass is 10.0. The molecule has 4 nitrogen and oxygen atoms in total. The second-order valence-corrected chi connectivity index (χ2v) is 5.91. The summed E-state index contributed by atoms with van der Waals surface area (Å²) in [6, 6.07) is 6.75. The van der Waals surface area contributed by atoms with Crippen LogP contribution < -0.4 is 5.73 Å². The Morgan fingerprint density at radius 1 is 1.25 bits per heavy atom. The Labute approximate surface area is 119 Å². The van der Waals surface area contributed by atoms with Crippen molar-refractivity contribution in [3.05, 3.63) is 46.6 Å². The van der Waals surface area contributed by atoms with Gasteiger partial charge in [-0.1, -0.05) is 23.4 Å². The maximum Gasteiger partial charge on any atom is 0.229 e. The van der Waals surface area contributed by atoms with Crippen LogP contribution >= 0.6 is 0 Å². The van der Waals surface area contributed by atoms with E-state index in [2.05, 4.69) is 42.2 Å². The SMILES string of the molecule is Cc1ccc(Cc2noc([C@@H]3CC[C@H](N)C3)n2)cc1C. The number of hydrogen-bond acceptors (Lipinski definition) is 4. The molecule has 1 aliphatic carbocycles. The standard InChI is InChI=1S/C16H21N3O/c1-10-3-4-12(7-11(10)2)8-15-18-16(20-19-15)13-5-6-14(17)9-13/h3-4,7,13-14H,5-6,8-9,17H2,1-2H3/t13-,14+/m1/s1. The summed E-state index contributed by atoms with van der Waals surface area (Å²) in [7, 11) is 0. The minimum atomic E-state index is 0.287. The first-order valence-electron chi connectivity index (χ1n) is 7.26. The van der Waals surface area contributed by atoms with E-state index in [0.717, 1.165) is 37.4 Å². The van der Waals surface area contributed by atoms with Crippen LogP contribution in [0.4, 0.5) is 0 Å². The molecule has 4 heteroatoms. The van der Waals surface area contributed by atoms with Gasteiger partial charge in [0.05, 0.1) is 0 Å². The maximum atomic E-state index is 5.93. The van der Waals surface area contributed by atoms with Gasteiger partial charge in [-0.15, -0.1) is 0 Å². The predicted molar refractivity (Wildman–Crippen MR) is 77.6 cm³/mol. The van der Waals surface area contributed by atoms with Gasteiger partial charge in [-0.2, -0.15) is 4.98 Å². The molecule has 2 atom stereocenters. The molecule has 0 saturated heterocycles. The molecule has 2 aromatic rings. The Kier molecular flexibility index (Phi) is 3.57. The monoisotopic (exact) mass is 271 g/mol. The highest BCUT2D eigenvalue weighted by Crippen LogP contribution is 2.32. The quantitative estimate of drug-likeness (QED) is 0.932. The molecule has 1 aromatic carbocycles. The smallest absolute Gasteiger partial charge is 0.229 e. The first-order chi connectivity index (χ1) is 9.61. The second-order valence-electron chi connectivity index (χ2n) is 5.91. The van der Waals surface area contributed by atoms with Gasteiger partial charge in [0, 0.05) is 18.4 Å². The van der Waals surface area contributed by atoms with E-state index in [4.69, 9.17) is 10.3 Å². The van der Waals surface area contributed by atoms with E-state index in [-0.39, 0.29) is 6.04 Å². The zero-order valence-electron chi connectivity index (χ0n) is 12.1. The fourth-order valence-electron chi connectivity index (χ4n) is 2.84. The average molecular weight is 271 g/mol. The van der Waals surface area contributed by atoms with Gasteiger partial charge < -0.3 is 10.3 Å². The van der Waals surface area contributed by atoms with Crippen LogP contribution in [0.15, 0.2) is 22.7 Å². The van der Waals surface area contributed by atoms with Crippen LogP contribution in [0.1, 0.15) is 53.6 Å². The van der Waals surface area contributed by atoms with Crippen molar-refractivity contribution in [2.24, 2.45) is 5.73 Å². The topological polar surface area (TPSA) is 64.9 Å². The molecule has 1 saturated carbocycles. The molecule has 0 aliphatic heterocycles. The van der Waals surface area contributed by atoms with Crippen LogP contribution in [0, 0.1) is 13.8 Å². The summed E-state index contributed by atoms with van der Waals surface area (Å²) < 4.78 is 5.41. The lowest BCUT2D eigenvalue weighted by Gasteiger charge is -2.03. The van der Waals surface area contributed by atoms with Gasteiger partial charge in [0.1, 0.15) is 0 Å². The summed E-state index contributed by atoms with van der Waals surface area (Å²) in [5, 5.41) is 4.11. The van der Waals surface area contributed by atoms with E-state index in [1.165, 1.54) is 16.7 Å². The fourth-order valence-corrected chi connectivity index (χ4v) is 2.84. The Bertz CT molecular complexity index is 606. The Balaban J connectivity index is 1.72. The summed E-state index contributed by atoms with van der Waals surface area (Å²) in [6.45, 7) is 4.25. The summed E-state index contributed by atoms with van der Waals surface area (Å²) in [5.41, 5.74) is 9.77. The van der Waals surface area contributed by atoms with Crippen molar-refractivity contribution < 1.29 is 4.52 Å². The summed E-state index contributed by atoms with van der Waals surface area (Å²) in [6.07, 6.45) is 3.81. The third-order valence-electron chi connectivity index (χ3n) is 4.24. The number of benzene rings is 1. The number of aryl methyl sites for hydroxylation is 2. The molecular weight excluding hydrogens is 250 g/mol. The molecule has 1 fully saturated rings. The number of rotatable bonds is 3. The van der Waals surface area contributed by atoms with Crippen molar-refractivity contribution in [1.29, 1.82) is 0 Å². The second kappa shape index (κ2) is 5.37. The van der Waals surface area contributed by atoms with Gasteiger partial charge in [-0.05, 0) is 49.8 Å². The van der Waals surface area contributed by atoms with Gasteiger partial charge in [0.25, 0.3) is 0 Å². The molecule has 0 spiro atoms. The zero-order chi connectivity index (χ0) is 14.1. The zero-order valence-corrected chi connectivity index (χ0v) is 12.1. The van der Waals surface area contributed by atoms with Crippen LogP contribution in [-0.4, -0.2) is 16.2 Å². The van der Waals surface area contributed by atoms with Gasteiger partial charge >= 0.3 is 0 Å². The summed E-state index contributed by atoms with van der Waals surface area (Å²) in [5.74, 6) is 1.88. The molecule has 20 heavy (non-hydrogen) atoms. The van der Waals surface area contributed by atoms with Gasteiger partial charge in [-0.25, -0.2) is 0 Å². The van der Waals surface area contributed by atoms with Crippen molar-refractivity contribution in [2.75, 3.05) is 0 Å². The summed E-state index contributed by atoms with van der Waals surface area (Å²) in [4.78, 5) is 4.54. The normalized spacial score (nSPS) is 22.4. The summed E-state index contributed by atoms with van der Waals surface area (Å²) >= 11 is 0. The van der Waals surface area contributed by atoms with Crippen molar-refractivity contribution in [3.8, 4) is 0 Å². The highest BCUT2D eigenvalue weighted by atomic mass is 16.5. The molecule has 0 unspecified atom stereocenters. The molecule has 1 aromatic heterocycles. The van der Waals surface area contributed by atoms with Crippen LogP contribution in [0.3, 0.4) is 0 Å². The van der Waals surface area contributed by atoms with E-state index < -0.39 is 0 Å². The highest BCUT2D eigenvalue weighted by Gasteiger charge is 2.27. The van der Waals surface area contributed by atoms with Crippen LogP contribution in [-0.2, 0) is 6.42 Å². The first-order valence-corrected chi connectivity index (χ1v) is 7.26. The molecule has 0 radical (unpaired) electrons. The maximum absolute atomic E-state index is 5.93. The van der Waals surface area contributed by atoms with Crippen molar-refractivity contribution in [3.63, 3.8) is 0 Å². The molecule has 3 rings (SSSR count). The highest BCUT2D eigenvalue weighted by molar-refractivity contribution is 5.31. The molecule has 0 amide bonds. The van der Waals surface area contributed by atoms with E-state index in [1.807, 2.05) is 0 Å². The number of nitrogens with two attached hydrogens (primary N) is 1. The molecular formula is C16H21N3O. The predicted octanol–water partition coefficient (Wildman–Crippen LogP) is 2.87. The molecule has 1 heterocycles. The lowest BCUT2D eigenvalue weighted by Crippen LogP contribution is -2.14. The van der Waals surface area contributed by atoms with Gasteiger partial charge in [0.15, 0.2) is 5.82 Å². The lowest BCUT2D eigenvalue weighted by molar-refractivity contribution is 0.350. The average Bonchev–Trinajstić information content (AvgIpc) is 3.03. The number of aromatic nitrogens is 2. The molecule has 106 valence electrons. The van der Waals surface area contributed by atoms with Gasteiger partial charge in [0.2, 0.25) is 5.89 Å². The largest absolute Gasteiger partial charge is 0.339 e. The Hall–Kier alpha value is -1.68. The van der Waals surface area contributed by atoms with Crippen LogP contribution in [0.5, 0.6) is 0 Å². The van der Waals surface area contributed by atoms with Crippen molar-refractivity contribution in [2.45, 2.75) is 51.5 Å². The molecule has 0 bridgehead atoms. The van der Waals surface area contributed by atoms with Crippen LogP contribution in [0.2, 0.25) is 0 Å². The minimum absolute atomic E-state index is 0.287. The molecule has 2 N–H and O–H groups in total. The van der Waals surface area contributed by atoms with E-state index in [9.17, 15) is 0 Å². The number of nitrogens with zero attached hydrogens (tertiary/aromatic N) is 2. The van der Waals surface area contributed by atoms with Crippen molar-refractivity contribution in [1.82, 2.24) is 10.1 Å². The Morgan fingerprint density at radius 3 is 2.80 bits per heavy atom. The van der Waals surface area contributed by atoms with Gasteiger partial charge in [-0.3, -0.25) is 0 Å².